The molecule has 2 aromatic carbocycles. The standard InChI is InChI=1S/C25H31NO4/c1-5-6-12-30-17-10-11-21-20(15-17)18-8-7-9-19(18)24(26-21)16-13-22(27-2)25(29-4)23(14-16)28-3/h7-8,10-11,13-15,18-19,24,26H,5-6,9,12H2,1-4H3. The number of methoxy groups -OCH3 is 3. The molecule has 1 heterocycles. The van der Waals surface area contributed by atoms with E-state index in [9.17, 15) is 0 Å². The lowest BCUT2D eigenvalue weighted by Gasteiger charge is -2.38. The first-order valence-corrected chi connectivity index (χ1v) is 10.7. The molecule has 0 saturated heterocycles. The van der Waals surface area contributed by atoms with E-state index in [2.05, 4.69) is 54.7 Å². The van der Waals surface area contributed by atoms with Crippen LogP contribution in [0.5, 0.6) is 23.0 Å². The van der Waals surface area contributed by atoms with Crippen molar-refractivity contribution in [3.05, 3.63) is 53.6 Å². The van der Waals surface area contributed by atoms with Crippen LogP contribution in [0.2, 0.25) is 0 Å². The van der Waals surface area contributed by atoms with Gasteiger partial charge in [-0.3, -0.25) is 0 Å². The Hall–Kier alpha value is -2.82. The minimum atomic E-state index is 0.151. The molecule has 4 rings (SSSR count). The first kappa shape index (κ1) is 20.5. The third kappa shape index (κ3) is 3.69. The van der Waals surface area contributed by atoms with Crippen LogP contribution in [0.3, 0.4) is 0 Å². The van der Waals surface area contributed by atoms with Gasteiger partial charge in [0.1, 0.15) is 5.75 Å². The van der Waals surface area contributed by atoms with E-state index in [4.69, 9.17) is 18.9 Å². The molecule has 0 amide bonds. The number of anilines is 1. The maximum absolute atomic E-state index is 5.96. The highest BCUT2D eigenvalue weighted by molar-refractivity contribution is 5.63. The van der Waals surface area contributed by atoms with Crippen LogP contribution in [0.15, 0.2) is 42.5 Å². The number of unbranched alkanes of at least 4 members (excludes halogenated alkanes) is 1. The molecule has 1 aliphatic carbocycles. The zero-order valence-corrected chi connectivity index (χ0v) is 18.2. The third-order valence-corrected chi connectivity index (χ3v) is 6.15. The maximum Gasteiger partial charge on any atom is 0.203 e. The maximum atomic E-state index is 5.96. The number of hydrogen-bond acceptors (Lipinski definition) is 5. The predicted octanol–water partition coefficient (Wildman–Crippen LogP) is 5.72. The van der Waals surface area contributed by atoms with Crippen LogP contribution in [0, 0.1) is 5.92 Å². The molecule has 1 aliphatic heterocycles. The van der Waals surface area contributed by atoms with Crippen molar-refractivity contribution in [1.82, 2.24) is 0 Å². The largest absolute Gasteiger partial charge is 0.494 e. The highest BCUT2D eigenvalue weighted by Gasteiger charge is 2.38. The number of ether oxygens (including phenoxy) is 4. The molecular weight excluding hydrogens is 378 g/mol. The predicted molar refractivity (Wildman–Crippen MR) is 119 cm³/mol. The molecule has 0 saturated carbocycles. The van der Waals surface area contributed by atoms with Crippen molar-refractivity contribution in [3.63, 3.8) is 0 Å². The van der Waals surface area contributed by atoms with Gasteiger partial charge in [0, 0.05) is 11.6 Å². The van der Waals surface area contributed by atoms with Crippen LogP contribution in [-0.2, 0) is 0 Å². The average Bonchev–Trinajstić information content (AvgIpc) is 3.28. The SMILES string of the molecule is CCCCOc1ccc2c(c1)C1C=CCC1C(c1cc(OC)c(OC)c(OC)c1)N2. The Morgan fingerprint density at radius 1 is 1.00 bits per heavy atom. The monoisotopic (exact) mass is 409 g/mol. The lowest BCUT2D eigenvalue weighted by atomic mass is 9.77. The molecule has 3 atom stereocenters. The van der Waals surface area contributed by atoms with E-state index in [-0.39, 0.29) is 6.04 Å². The van der Waals surface area contributed by atoms with Crippen molar-refractivity contribution in [2.45, 2.75) is 38.1 Å². The number of hydrogen-bond donors (Lipinski definition) is 1. The number of allylic oxidation sites excluding steroid dienone is 2. The Morgan fingerprint density at radius 2 is 1.77 bits per heavy atom. The summed E-state index contributed by atoms with van der Waals surface area (Å²) in [6.45, 7) is 2.94. The molecule has 5 heteroatoms. The highest BCUT2D eigenvalue weighted by atomic mass is 16.5. The van der Waals surface area contributed by atoms with E-state index in [1.54, 1.807) is 21.3 Å². The topological polar surface area (TPSA) is 49.0 Å². The van der Waals surface area contributed by atoms with Crippen molar-refractivity contribution >= 4 is 5.69 Å². The van der Waals surface area contributed by atoms with Crippen LogP contribution in [0.25, 0.3) is 0 Å². The smallest absolute Gasteiger partial charge is 0.203 e. The van der Waals surface area contributed by atoms with Gasteiger partial charge in [0.2, 0.25) is 5.75 Å². The highest BCUT2D eigenvalue weighted by Crippen LogP contribution is 2.52. The molecule has 0 spiro atoms. The zero-order chi connectivity index (χ0) is 21.1. The molecule has 0 aromatic heterocycles. The summed E-state index contributed by atoms with van der Waals surface area (Å²) in [7, 11) is 4.95. The Bertz CT molecular complexity index is 898. The normalized spacial score (nSPS) is 21.4. The van der Waals surface area contributed by atoms with Crippen molar-refractivity contribution in [2.24, 2.45) is 5.92 Å². The fraction of sp³-hybridized carbons (Fsp3) is 0.440. The molecule has 30 heavy (non-hydrogen) atoms. The van der Waals surface area contributed by atoms with Crippen molar-refractivity contribution in [3.8, 4) is 23.0 Å². The molecular formula is C25H31NO4. The number of rotatable bonds is 8. The summed E-state index contributed by atoms with van der Waals surface area (Å²) in [5.74, 6) is 3.72. The van der Waals surface area contributed by atoms with E-state index in [0.717, 1.165) is 42.9 Å². The van der Waals surface area contributed by atoms with Gasteiger partial charge < -0.3 is 24.3 Å². The number of benzene rings is 2. The summed E-state index contributed by atoms with van der Waals surface area (Å²) in [5, 5.41) is 3.77. The molecule has 160 valence electrons. The minimum absolute atomic E-state index is 0.151. The lowest BCUT2D eigenvalue weighted by Crippen LogP contribution is -2.29. The zero-order valence-electron chi connectivity index (χ0n) is 18.2. The van der Waals surface area contributed by atoms with Gasteiger partial charge in [-0.25, -0.2) is 0 Å². The molecule has 2 aromatic rings. The van der Waals surface area contributed by atoms with E-state index in [1.807, 2.05) is 0 Å². The molecule has 0 fully saturated rings. The second-order valence-electron chi connectivity index (χ2n) is 7.89. The van der Waals surface area contributed by atoms with Gasteiger partial charge in [0.05, 0.1) is 34.0 Å². The van der Waals surface area contributed by atoms with Gasteiger partial charge >= 0.3 is 0 Å². The summed E-state index contributed by atoms with van der Waals surface area (Å²) in [6.07, 6.45) is 7.87. The Labute approximate surface area is 179 Å². The minimum Gasteiger partial charge on any atom is -0.494 e. The van der Waals surface area contributed by atoms with Gasteiger partial charge in [-0.05, 0) is 60.2 Å². The van der Waals surface area contributed by atoms with Gasteiger partial charge in [-0.15, -0.1) is 0 Å². The summed E-state index contributed by atoms with van der Waals surface area (Å²) >= 11 is 0. The first-order chi connectivity index (χ1) is 14.7. The molecule has 0 bridgehead atoms. The molecule has 3 unspecified atom stereocenters. The van der Waals surface area contributed by atoms with Crippen LogP contribution in [0.4, 0.5) is 5.69 Å². The Kier molecular flexibility index (Phi) is 6.07. The quantitative estimate of drug-likeness (QED) is 0.446. The van der Waals surface area contributed by atoms with Crippen LogP contribution in [-0.4, -0.2) is 27.9 Å². The fourth-order valence-corrected chi connectivity index (χ4v) is 4.61. The third-order valence-electron chi connectivity index (χ3n) is 6.15. The van der Waals surface area contributed by atoms with E-state index < -0.39 is 0 Å². The van der Waals surface area contributed by atoms with Crippen LogP contribution >= 0.6 is 0 Å². The second kappa shape index (κ2) is 8.90. The van der Waals surface area contributed by atoms with Crippen LogP contribution < -0.4 is 24.3 Å². The van der Waals surface area contributed by atoms with Gasteiger partial charge in [-0.2, -0.15) is 0 Å². The summed E-state index contributed by atoms with van der Waals surface area (Å²) in [5.41, 5.74) is 3.60. The van der Waals surface area contributed by atoms with Crippen molar-refractivity contribution in [2.75, 3.05) is 33.3 Å². The van der Waals surface area contributed by atoms with E-state index >= 15 is 0 Å². The summed E-state index contributed by atoms with van der Waals surface area (Å²) < 4.78 is 22.6. The Balaban J connectivity index is 1.68. The van der Waals surface area contributed by atoms with E-state index in [1.165, 1.54) is 5.56 Å². The molecule has 5 nitrogen and oxygen atoms in total. The molecule has 0 radical (unpaired) electrons. The summed E-state index contributed by atoms with van der Waals surface area (Å²) in [6, 6.07) is 10.7. The van der Waals surface area contributed by atoms with Gasteiger partial charge in [0.25, 0.3) is 0 Å². The second-order valence-corrected chi connectivity index (χ2v) is 7.89. The van der Waals surface area contributed by atoms with Crippen molar-refractivity contribution < 1.29 is 18.9 Å². The average molecular weight is 410 g/mol. The lowest BCUT2D eigenvalue weighted by molar-refractivity contribution is 0.308. The van der Waals surface area contributed by atoms with Crippen LogP contribution in [0.1, 0.15) is 49.3 Å². The molecule has 1 N–H and O–H groups in total. The van der Waals surface area contributed by atoms with Gasteiger partial charge in [0.15, 0.2) is 11.5 Å². The van der Waals surface area contributed by atoms with Gasteiger partial charge in [-0.1, -0.05) is 25.5 Å². The summed E-state index contributed by atoms with van der Waals surface area (Å²) in [4.78, 5) is 0. The number of nitrogens with one attached hydrogen (secondary N) is 1. The molecule has 2 aliphatic rings. The first-order valence-electron chi connectivity index (χ1n) is 10.7. The van der Waals surface area contributed by atoms with Crippen molar-refractivity contribution in [1.29, 1.82) is 0 Å². The Morgan fingerprint density at radius 3 is 2.43 bits per heavy atom. The number of fused-ring (bicyclic) bond motifs is 3. The fourth-order valence-electron chi connectivity index (χ4n) is 4.61. The van der Waals surface area contributed by atoms with E-state index in [0.29, 0.717) is 29.1 Å².